The van der Waals surface area contributed by atoms with Crippen LogP contribution >= 0.6 is 11.6 Å². The van der Waals surface area contributed by atoms with Crippen molar-refractivity contribution in [3.63, 3.8) is 0 Å². The Bertz CT molecular complexity index is 773. The molecule has 0 spiro atoms. The summed E-state index contributed by atoms with van der Waals surface area (Å²) in [5.74, 6) is 0.0240. The van der Waals surface area contributed by atoms with Crippen LogP contribution in [0.5, 0.6) is 0 Å². The molecule has 28 heavy (non-hydrogen) atoms. The van der Waals surface area contributed by atoms with Crippen LogP contribution in [0.1, 0.15) is 42.5 Å². The zero-order valence-electron chi connectivity index (χ0n) is 16.7. The molecule has 0 saturated carbocycles. The van der Waals surface area contributed by atoms with Gasteiger partial charge in [-0.1, -0.05) is 54.1 Å². The zero-order valence-corrected chi connectivity index (χ0v) is 17.5. The van der Waals surface area contributed by atoms with Gasteiger partial charge in [-0.2, -0.15) is 0 Å². The van der Waals surface area contributed by atoms with E-state index in [1.54, 1.807) is 0 Å². The van der Waals surface area contributed by atoms with Crippen molar-refractivity contribution in [1.82, 2.24) is 15.5 Å². The molecule has 4 nitrogen and oxygen atoms in total. The van der Waals surface area contributed by atoms with E-state index >= 15 is 0 Å². The number of carbonyl (C=O) groups is 1. The summed E-state index contributed by atoms with van der Waals surface area (Å²) in [6.07, 6.45) is 2.15. The second-order valence-electron chi connectivity index (χ2n) is 7.71. The Kier molecular flexibility index (Phi) is 7.49. The van der Waals surface area contributed by atoms with Gasteiger partial charge in [0, 0.05) is 17.6 Å². The highest BCUT2D eigenvalue weighted by Gasteiger charge is 2.20. The molecule has 2 aromatic rings. The molecule has 0 bridgehead atoms. The number of hydrogen-bond donors (Lipinski definition) is 2. The summed E-state index contributed by atoms with van der Waals surface area (Å²) in [4.78, 5) is 14.8. The first-order chi connectivity index (χ1) is 13.5. The van der Waals surface area contributed by atoms with Crippen LogP contribution in [0.15, 0.2) is 48.5 Å². The third kappa shape index (κ3) is 6.06. The molecule has 3 rings (SSSR count). The van der Waals surface area contributed by atoms with Crippen LogP contribution in [-0.2, 0) is 11.3 Å². The van der Waals surface area contributed by atoms with Gasteiger partial charge in [0.15, 0.2) is 0 Å². The van der Waals surface area contributed by atoms with Crippen molar-refractivity contribution in [2.24, 2.45) is 0 Å². The Hall–Kier alpha value is -1.88. The van der Waals surface area contributed by atoms with Crippen molar-refractivity contribution >= 4 is 17.5 Å². The fourth-order valence-corrected chi connectivity index (χ4v) is 3.82. The van der Waals surface area contributed by atoms with E-state index in [-0.39, 0.29) is 11.9 Å². The van der Waals surface area contributed by atoms with Gasteiger partial charge in [-0.3, -0.25) is 9.69 Å². The number of nitrogens with one attached hydrogen (secondary N) is 2. The molecule has 150 valence electrons. The van der Waals surface area contributed by atoms with Gasteiger partial charge in [-0.15, -0.1) is 0 Å². The Labute approximate surface area is 173 Å². The number of likely N-dealkylation sites (tertiary alicyclic amines) is 1. The topological polar surface area (TPSA) is 44.4 Å². The van der Waals surface area contributed by atoms with E-state index in [0.29, 0.717) is 12.6 Å². The first kappa shape index (κ1) is 20.8. The molecule has 1 aliphatic rings. The Morgan fingerprint density at radius 2 is 1.89 bits per heavy atom. The van der Waals surface area contributed by atoms with Crippen molar-refractivity contribution in [1.29, 1.82) is 0 Å². The maximum atomic E-state index is 12.3. The minimum Gasteiger partial charge on any atom is -0.348 e. The first-order valence-corrected chi connectivity index (χ1v) is 10.4. The number of benzene rings is 2. The lowest BCUT2D eigenvalue weighted by atomic mass is 10.0. The Morgan fingerprint density at radius 1 is 1.18 bits per heavy atom. The summed E-state index contributed by atoms with van der Waals surface area (Å²) in [7, 11) is 0. The van der Waals surface area contributed by atoms with E-state index in [1.807, 2.05) is 32.0 Å². The molecule has 1 atom stereocenters. The molecular weight excluding hydrogens is 370 g/mol. The third-order valence-electron chi connectivity index (χ3n) is 5.46. The fraction of sp³-hybridized carbons (Fsp3) is 0.435. The van der Waals surface area contributed by atoms with Gasteiger partial charge >= 0.3 is 0 Å². The number of carbonyl (C=O) groups excluding carboxylic acids is 1. The molecule has 0 aliphatic carbocycles. The van der Waals surface area contributed by atoms with Crippen LogP contribution in [0, 0.1) is 6.92 Å². The van der Waals surface area contributed by atoms with Gasteiger partial charge in [0.25, 0.3) is 0 Å². The molecule has 1 fully saturated rings. The van der Waals surface area contributed by atoms with Crippen molar-refractivity contribution in [3.05, 3.63) is 70.2 Å². The van der Waals surface area contributed by atoms with Gasteiger partial charge in [-0.05, 0) is 62.5 Å². The van der Waals surface area contributed by atoms with Crippen molar-refractivity contribution < 1.29 is 4.79 Å². The number of amides is 1. The molecule has 1 aliphatic heterocycles. The minimum atomic E-state index is -0.0554. The van der Waals surface area contributed by atoms with Crippen LogP contribution in [0.4, 0.5) is 0 Å². The predicted molar refractivity (Wildman–Crippen MR) is 115 cm³/mol. The lowest BCUT2D eigenvalue weighted by Gasteiger charge is -2.32. The summed E-state index contributed by atoms with van der Waals surface area (Å²) in [5.41, 5.74) is 3.43. The molecule has 5 heteroatoms. The number of hydrogen-bond acceptors (Lipinski definition) is 3. The molecule has 2 N–H and O–H groups in total. The molecule has 2 aromatic carbocycles. The van der Waals surface area contributed by atoms with Crippen molar-refractivity contribution in [2.75, 3.05) is 19.6 Å². The quantitative estimate of drug-likeness (QED) is 0.737. The normalized spacial score (nSPS) is 16.7. The SMILES string of the molecule is Cc1ccc(C(C)NC(=O)CNC2CCN(Cc3ccccc3)CC2)cc1Cl. The lowest BCUT2D eigenvalue weighted by molar-refractivity contribution is -0.121. The summed E-state index contributed by atoms with van der Waals surface area (Å²) in [5, 5.41) is 7.21. The average molecular weight is 400 g/mol. The van der Waals surface area contributed by atoms with Crippen LogP contribution < -0.4 is 10.6 Å². The molecule has 1 amide bonds. The van der Waals surface area contributed by atoms with Crippen LogP contribution in [0.2, 0.25) is 5.02 Å². The molecule has 0 radical (unpaired) electrons. The van der Waals surface area contributed by atoms with Gasteiger partial charge in [0.1, 0.15) is 0 Å². The van der Waals surface area contributed by atoms with Gasteiger partial charge in [0.2, 0.25) is 5.91 Å². The van der Waals surface area contributed by atoms with E-state index < -0.39 is 0 Å². The Morgan fingerprint density at radius 3 is 2.57 bits per heavy atom. The molecular formula is C23H30ClN3O. The summed E-state index contributed by atoms with van der Waals surface area (Å²) < 4.78 is 0. The zero-order chi connectivity index (χ0) is 19.9. The van der Waals surface area contributed by atoms with E-state index in [4.69, 9.17) is 11.6 Å². The number of halogens is 1. The smallest absolute Gasteiger partial charge is 0.234 e. The lowest BCUT2D eigenvalue weighted by Crippen LogP contribution is -2.45. The average Bonchev–Trinajstić information content (AvgIpc) is 2.70. The van der Waals surface area contributed by atoms with Gasteiger partial charge < -0.3 is 10.6 Å². The summed E-state index contributed by atoms with van der Waals surface area (Å²) in [6.45, 7) is 7.45. The molecule has 1 unspecified atom stereocenters. The number of rotatable bonds is 7. The van der Waals surface area contributed by atoms with E-state index in [2.05, 4.69) is 45.9 Å². The maximum Gasteiger partial charge on any atom is 0.234 e. The molecule has 0 aromatic heterocycles. The molecule has 1 heterocycles. The second-order valence-corrected chi connectivity index (χ2v) is 8.12. The van der Waals surface area contributed by atoms with Crippen LogP contribution in [0.3, 0.4) is 0 Å². The summed E-state index contributed by atoms with van der Waals surface area (Å²) in [6, 6.07) is 16.9. The van der Waals surface area contributed by atoms with E-state index in [1.165, 1.54) is 5.56 Å². The number of nitrogens with zero attached hydrogens (tertiary/aromatic N) is 1. The standard InChI is InChI=1S/C23H30ClN3O/c1-17-8-9-20(14-22(17)24)18(2)26-23(28)15-25-21-10-12-27(13-11-21)16-19-6-4-3-5-7-19/h3-9,14,18,21,25H,10-13,15-16H2,1-2H3,(H,26,28). The minimum absolute atomic E-state index is 0.0240. The second kappa shape index (κ2) is 10.1. The summed E-state index contributed by atoms with van der Waals surface area (Å²) >= 11 is 6.19. The van der Waals surface area contributed by atoms with Crippen LogP contribution in [0.25, 0.3) is 0 Å². The Balaban J connectivity index is 1.37. The highest BCUT2D eigenvalue weighted by atomic mass is 35.5. The fourth-order valence-electron chi connectivity index (χ4n) is 3.63. The van der Waals surface area contributed by atoms with Crippen molar-refractivity contribution in [2.45, 2.75) is 45.3 Å². The van der Waals surface area contributed by atoms with E-state index in [9.17, 15) is 4.79 Å². The highest BCUT2D eigenvalue weighted by molar-refractivity contribution is 6.31. The predicted octanol–water partition coefficient (Wildman–Crippen LogP) is 4.08. The maximum absolute atomic E-state index is 12.3. The monoisotopic (exact) mass is 399 g/mol. The number of aryl methyl sites for hydroxylation is 1. The first-order valence-electron chi connectivity index (χ1n) is 10.1. The van der Waals surface area contributed by atoms with Crippen molar-refractivity contribution in [3.8, 4) is 0 Å². The van der Waals surface area contributed by atoms with E-state index in [0.717, 1.165) is 48.6 Å². The number of piperidine rings is 1. The molecule has 1 saturated heterocycles. The van der Waals surface area contributed by atoms with Gasteiger partial charge in [-0.25, -0.2) is 0 Å². The largest absolute Gasteiger partial charge is 0.348 e. The third-order valence-corrected chi connectivity index (χ3v) is 5.87. The highest BCUT2D eigenvalue weighted by Crippen LogP contribution is 2.21. The van der Waals surface area contributed by atoms with Crippen LogP contribution in [-0.4, -0.2) is 36.5 Å². The van der Waals surface area contributed by atoms with Gasteiger partial charge in [0.05, 0.1) is 12.6 Å².